The first kappa shape index (κ1) is 26.8. The molecule has 1 aromatic heterocycles. The monoisotopic (exact) mass is 480 g/mol. The molecule has 10 heteroatoms. The number of ketones is 1. The molecule has 3 atom stereocenters. The maximum absolute atomic E-state index is 13.3. The highest BCUT2D eigenvalue weighted by atomic mass is 32.1. The topological polar surface area (TPSA) is 118 Å². The Bertz CT molecular complexity index is 834. The zero-order chi connectivity index (χ0) is 24.8. The molecule has 0 aliphatic carbocycles. The zero-order valence-corrected chi connectivity index (χ0v) is 21.2. The minimum atomic E-state index is -0.823. The number of Topliss-reactive ketones (excluding diaryl/α,β-unsaturated/α-hetero) is 1. The number of alkyl carbamates (subject to hydrolysis) is 1. The Balaban J connectivity index is 2.11. The summed E-state index contributed by atoms with van der Waals surface area (Å²) in [7, 11) is 0. The van der Waals surface area contributed by atoms with Crippen LogP contribution in [0.25, 0.3) is 0 Å². The molecule has 0 radical (unpaired) electrons. The predicted octanol–water partition coefficient (Wildman–Crippen LogP) is 3.15. The van der Waals surface area contributed by atoms with Crippen LogP contribution in [0.2, 0.25) is 0 Å². The van der Waals surface area contributed by atoms with E-state index in [1.807, 2.05) is 20.8 Å². The van der Waals surface area contributed by atoms with Gasteiger partial charge in [0, 0.05) is 18.1 Å². The van der Waals surface area contributed by atoms with Gasteiger partial charge >= 0.3 is 6.09 Å². The maximum Gasteiger partial charge on any atom is 0.408 e. The molecule has 2 heterocycles. The van der Waals surface area contributed by atoms with Gasteiger partial charge in [0.05, 0.1) is 6.04 Å². The predicted molar refractivity (Wildman–Crippen MR) is 126 cm³/mol. The van der Waals surface area contributed by atoms with E-state index in [0.717, 1.165) is 0 Å². The molecule has 1 aromatic rings. The number of nitrogens with zero attached hydrogens (tertiary/aromatic N) is 2. The van der Waals surface area contributed by atoms with Gasteiger partial charge in [0.2, 0.25) is 17.6 Å². The van der Waals surface area contributed by atoms with Crippen molar-refractivity contribution in [2.75, 3.05) is 6.54 Å². The van der Waals surface area contributed by atoms with Crippen molar-refractivity contribution < 1.29 is 23.9 Å². The fourth-order valence-corrected chi connectivity index (χ4v) is 4.38. The van der Waals surface area contributed by atoms with Crippen molar-refractivity contribution in [3.63, 3.8) is 0 Å². The first-order chi connectivity index (χ1) is 15.4. The molecule has 1 aliphatic rings. The van der Waals surface area contributed by atoms with Gasteiger partial charge < -0.3 is 20.3 Å². The molecular formula is C23H36N4O5S. The highest BCUT2D eigenvalue weighted by Crippen LogP contribution is 2.22. The summed E-state index contributed by atoms with van der Waals surface area (Å²) in [6.45, 7) is 11.3. The molecule has 0 spiro atoms. The quantitative estimate of drug-likeness (QED) is 0.524. The van der Waals surface area contributed by atoms with Crippen LogP contribution in [-0.2, 0) is 14.3 Å². The summed E-state index contributed by atoms with van der Waals surface area (Å²) in [6, 6.07) is -2.20. The van der Waals surface area contributed by atoms with Crippen molar-refractivity contribution in [3.05, 3.63) is 16.6 Å². The molecule has 1 saturated heterocycles. The fourth-order valence-electron chi connectivity index (χ4n) is 3.75. The number of hydrogen-bond donors (Lipinski definition) is 2. The lowest BCUT2D eigenvalue weighted by molar-refractivity contribution is -0.141. The van der Waals surface area contributed by atoms with Crippen LogP contribution in [0.1, 0.15) is 77.0 Å². The molecule has 2 N–H and O–H groups in total. The third-order valence-electron chi connectivity index (χ3n) is 5.30. The molecule has 1 fully saturated rings. The summed E-state index contributed by atoms with van der Waals surface area (Å²) < 4.78 is 5.30. The Morgan fingerprint density at radius 2 is 1.94 bits per heavy atom. The van der Waals surface area contributed by atoms with Crippen LogP contribution in [-0.4, -0.2) is 63.8 Å². The van der Waals surface area contributed by atoms with Crippen LogP contribution in [0.4, 0.5) is 4.79 Å². The van der Waals surface area contributed by atoms with Crippen LogP contribution < -0.4 is 10.6 Å². The number of thiazole rings is 1. The summed E-state index contributed by atoms with van der Waals surface area (Å²) in [5.74, 6) is -1.10. The van der Waals surface area contributed by atoms with Gasteiger partial charge in [0.1, 0.15) is 17.7 Å². The summed E-state index contributed by atoms with van der Waals surface area (Å²) >= 11 is 1.24. The van der Waals surface area contributed by atoms with Crippen molar-refractivity contribution >= 4 is 35.0 Å². The second-order valence-electron chi connectivity index (χ2n) is 9.61. The standard InChI is InChI=1S/C23H36N4O5S/c1-7-9-15(18(28)20-24-11-13-33-20)25-19(29)16-10-8-12-27(16)21(30)17(14(2)3)26-22(31)32-23(4,5)6/h11,13-17H,7-10,12H2,1-6H3,(H,25,29)(H,26,31)/t15?,16-,17-/m0/s1. The molecule has 33 heavy (non-hydrogen) atoms. The molecule has 0 bridgehead atoms. The lowest BCUT2D eigenvalue weighted by Crippen LogP contribution is -2.56. The second-order valence-corrected chi connectivity index (χ2v) is 10.5. The molecule has 9 nitrogen and oxygen atoms in total. The first-order valence-corrected chi connectivity index (χ1v) is 12.4. The highest BCUT2D eigenvalue weighted by Gasteiger charge is 2.40. The number of nitrogens with one attached hydrogen (secondary N) is 2. The Hall–Kier alpha value is -2.49. The molecule has 3 amide bonds. The van der Waals surface area contributed by atoms with E-state index in [4.69, 9.17) is 4.74 Å². The number of amides is 3. The summed E-state index contributed by atoms with van der Waals surface area (Å²) in [5.41, 5.74) is -0.691. The number of likely N-dealkylation sites (tertiary alicyclic amines) is 1. The largest absolute Gasteiger partial charge is 0.444 e. The summed E-state index contributed by atoms with van der Waals surface area (Å²) in [5, 5.41) is 7.58. The van der Waals surface area contributed by atoms with E-state index in [1.54, 1.807) is 32.3 Å². The number of hydrogen-bond acceptors (Lipinski definition) is 7. The van der Waals surface area contributed by atoms with Crippen molar-refractivity contribution in [1.29, 1.82) is 0 Å². The van der Waals surface area contributed by atoms with Gasteiger partial charge in [0.25, 0.3) is 0 Å². The van der Waals surface area contributed by atoms with E-state index >= 15 is 0 Å². The van der Waals surface area contributed by atoms with Crippen LogP contribution >= 0.6 is 11.3 Å². The molecule has 0 saturated carbocycles. The van der Waals surface area contributed by atoms with Gasteiger partial charge in [0.15, 0.2) is 5.01 Å². The summed E-state index contributed by atoms with van der Waals surface area (Å²) in [6.07, 6.45) is 3.25. The third-order valence-corrected chi connectivity index (χ3v) is 6.08. The minimum absolute atomic E-state index is 0.200. The number of aromatic nitrogens is 1. The molecule has 0 aromatic carbocycles. The fraction of sp³-hybridized carbons (Fsp3) is 0.696. The molecule has 184 valence electrons. The summed E-state index contributed by atoms with van der Waals surface area (Å²) in [4.78, 5) is 57.1. The van der Waals surface area contributed by atoms with Crippen LogP contribution in [0.15, 0.2) is 11.6 Å². The van der Waals surface area contributed by atoms with Crippen LogP contribution in [0.3, 0.4) is 0 Å². The number of carbonyl (C=O) groups excluding carboxylic acids is 4. The van der Waals surface area contributed by atoms with E-state index < -0.39 is 29.8 Å². The van der Waals surface area contributed by atoms with Gasteiger partial charge in [-0.2, -0.15) is 0 Å². The lowest BCUT2D eigenvalue weighted by atomic mass is 10.0. The zero-order valence-electron chi connectivity index (χ0n) is 20.3. The number of ether oxygens (including phenoxy) is 1. The van der Waals surface area contributed by atoms with E-state index in [9.17, 15) is 19.2 Å². The Kier molecular flexibility index (Phi) is 9.39. The third kappa shape index (κ3) is 7.52. The van der Waals surface area contributed by atoms with Crippen LogP contribution in [0, 0.1) is 5.92 Å². The average molecular weight is 481 g/mol. The highest BCUT2D eigenvalue weighted by molar-refractivity contribution is 7.11. The van der Waals surface area contributed by atoms with E-state index in [0.29, 0.717) is 37.2 Å². The number of rotatable bonds is 9. The smallest absolute Gasteiger partial charge is 0.408 e. The van der Waals surface area contributed by atoms with Crippen molar-refractivity contribution in [2.24, 2.45) is 5.92 Å². The maximum atomic E-state index is 13.3. The van der Waals surface area contributed by atoms with Gasteiger partial charge in [-0.3, -0.25) is 14.4 Å². The normalized spacial score (nSPS) is 18.0. The van der Waals surface area contributed by atoms with Crippen molar-refractivity contribution in [3.8, 4) is 0 Å². The van der Waals surface area contributed by atoms with E-state index in [1.165, 1.54) is 16.2 Å². The Labute approximate surface area is 199 Å². The van der Waals surface area contributed by atoms with E-state index in [2.05, 4.69) is 15.6 Å². The van der Waals surface area contributed by atoms with Gasteiger partial charge in [-0.05, 0) is 46.0 Å². The molecule has 1 unspecified atom stereocenters. The van der Waals surface area contributed by atoms with Gasteiger partial charge in [-0.1, -0.05) is 27.2 Å². The molecule has 1 aliphatic heterocycles. The second kappa shape index (κ2) is 11.6. The first-order valence-electron chi connectivity index (χ1n) is 11.5. The average Bonchev–Trinajstić information content (AvgIpc) is 3.41. The molecule has 2 rings (SSSR count). The lowest BCUT2D eigenvalue weighted by Gasteiger charge is -2.31. The van der Waals surface area contributed by atoms with Gasteiger partial charge in [-0.15, -0.1) is 11.3 Å². The minimum Gasteiger partial charge on any atom is -0.444 e. The van der Waals surface area contributed by atoms with Crippen molar-refractivity contribution in [2.45, 2.75) is 91.0 Å². The van der Waals surface area contributed by atoms with E-state index in [-0.39, 0.29) is 23.5 Å². The number of carbonyl (C=O) groups is 4. The molecular weight excluding hydrogens is 444 g/mol. The van der Waals surface area contributed by atoms with Crippen LogP contribution in [0.5, 0.6) is 0 Å². The SMILES string of the molecule is CCCC(NC(=O)[C@@H]1CCCN1C(=O)[C@@H](NC(=O)OC(C)(C)C)C(C)C)C(=O)c1nccs1. The Morgan fingerprint density at radius 1 is 1.24 bits per heavy atom. The van der Waals surface area contributed by atoms with Gasteiger partial charge in [-0.25, -0.2) is 9.78 Å². The Morgan fingerprint density at radius 3 is 2.48 bits per heavy atom. The van der Waals surface area contributed by atoms with Crippen molar-refractivity contribution in [1.82, 2.24) is 20.5 Å².